The lowest BCUT2D eigenvalue weighted by molar-refractivity contribution is 0.145. The topological polar surface area (TPSA) is 61.8 Å². The second kappa shape index (κ2) is 7.84. The van der Waals surface area contributed by atoms with Gasteiger partial charge in [0.1, 0.15) is 6.61 Å². The number of anilines is 2. The van der Waals surface area contributed by atoms with Crippen LogP contribution in [0.3, 0.4) is 0 Å². The summed E-state index contributed by atoms with van der Waals surface area (Å²) in [5, 5.41) is 12.3. The second-order valence-corrected chi connectivity index (χ2v) is 5.95. The Balaban J connectivity index is 1.49. The van der Waals surface area contributed by atoms with E-state index in [1.54, 1.807) is 0 Å². The molecule has 5 heteroatoms. The van der Waals surface area contributed by atoms with E-state index < -0.39 is 6.09 Å². The average molecular weight is 326 g/mol. The molecule has 24 heavy (non-hydrogen) atoms. The number of carbonyl (C=O) groups is 1. The number of amides is 1. The van der Waals surface area contributed by atoms with Crippen LogP contribution in [-0.4, -0.2) is 30.4 Å². The largest absolute Gasteiger partial charge is 0.444 e. The molecule has 0 bridgehead atoms. The molecule has 1 amide bonds. The molecule has 0 atom stereocenters. The minimum atomic E-state index is -0.465. The number of aliphatic hydroxyl groups excluding tert-OH is 1. The highest BCUT2D eigenvalue weighted by atomic mass is 16.5. The molecule has 1 aliphatic heterocycles. The lowest BCUT2D eigenvalue weighted by Gasteiger charge is -2.31. The maximum absolute atomic E-state index is 11.8. The normalized spacial score (nSPS) is 15.1. The third kappa shape index (κ3) is 4.49. The third-order valence-corrected chi connectivity index (χ3v) is 4.16. The number of benzene rings is 2. The van der Waals surface area contributed by atoms with Crippen LogP contribution in [0, 0.1) is 0 Å². The first-order valence-corrected chi connectivity index (χ1v) is 8.21. The van der Waals surface area contributed by atoms with E-state index in [2.05, 4.69) is 10.2 Å². The standard InChI is InChI=1S/C19H22N2O3/c22-18-10-12-21(13-11-18)17-8-6-16(7-9-17)20-19(23)24-14-15-4-2-1-3-5-15/h1-9,18,22H,10-14H2,(H,20,23). The molecule has 0 spiro atoms. The molecule has 0 aromatic heterocycles. The molecule has 0 radical (unpaired) electrons. The van der Waals surface area contributed by atoms with Gasteiger partial charge in [-0.15, -0.1) is 0 Å². The lowest BCUT2D eigenvalue weighted by atomic mass is 10.1. The van der Waals surface area contributed by atoms with Crippen molar-refractivity contribution in [3.8, 4) is 0 Å². The number of nitrogens with one attached hydrogen (secondary N) is 1. The summed E-state index contributed by atoms with van der Waals surface area (Å²) < 4.78 is 5.20. The number of carbonyl (C=O) groups excluding carboxylic acids is 1. The summed E-state index contributed by atoms with van der Waals surface area (Å²) in [5.41, 5.74) is 2.76. The van der Waals surface area contributed by atoms with Crippen LogP contribution in [0.2, 0.25) is 0 Å². The number of ether oxygens (including phenoxy) is 1. The van der Waals surface area contributed by atoms with E-state index in [1.165, 1.54) is 0 Å². The molecule has 2 N–H and O–H groups in total. The summed E-state index contributed by atoms with van der Waals surface area (Å²) in [6.45, 7) is 1.96. The monoisotopic (exact) mass is 326 g/mol. The lowest BCUT2D eigenvalue weighted by Crippen LogP contribution is -2.35. The van der Waals surface area contributed by atoms with Crippen LogP contribution >= 0.6 is 0 Å². The number of hydrogen-bond donors (Lipinski definition) is 2. The Morgan fingerprint density at radius 3 is 2.42 bits per heavy atom. The summed E-state index contributed by atoms with van der Waals surface area (Å²) in [5.74, 6) is 0. The minimum absolute atomic E-state index is 0.179. The molecule has 1 aliphatic rings. The molecule has 1 heterocycles. The average Bonchev–Trinajstić information content (AvgIpc) is 2.62. The van der Waals surface area contributed by atoms with E-state index in [-0.39, 0.29) is 12.7 Å². The van der Waals surface area contributed by atoms with Crippen molar-refractivity contribution in [2.45, 2.75) is 25.6 Å². The van der Waals surface area contributed by atoms with Gasteiger partial charge in [-0.1, -0.05) is 30.3 Å². The molecular weight excluding hydrogens is 304 g/mol. The number of aliphatic hydroxyl groups is 1. The smallest absolute Gasteiger partial charge is 0.411 e. The van der Waals surface area contributed by atoms with Gasteiger partial charge in [0.2, 0.25) is 0 Å². The molecule has 126 valence electrons. The Labute approximate surface area is 141 Å². The van der Waals surface area contributed by atoms with E-state index in [9.17, 15) is 9.90 Å². The number of piperidine rings is 1. The molecular formula is C19H22N2O3. The van der Waals surface area contributed by atoms with Gasteiger partial charge in [-0.3, -0.25) is 5.32 Å². The number of rotatable bonds is 4. The summed E-state index contributed by atoms with van der Waals surface area (Å²) in [4.78, 5) is 14.1. The predicted octanol–water partition coefficient (Wildman–Crippen LogP) is 3.40. The minimum Gasteiger partial charge on any atom is -0.444 e. The summed E-state index contributed by atoms with van der Waals surface area (Å²) >= 11 is 0. The van der Waals surface area contributed by atoms with Gasteiger partial charge in [0.05, 0.1) is 6.10 Å². The number of nitrogens with zero attached hydrogens (tertiary/aromatic N) is 1. The van der Waals surface area contributed by atoms with E-state index in [0.717, 1.165) is 37.2 Å². The fraction of sp³-hybridized carbons (Fsp3) is 0.316. The van der Waals surface area contributed by atoms with E-state index >= 15 is 0 Å². The van der Waals surface area contributed by atoms with Crippen molar-refractivity contribution in [3.05, 3.63) is 60.2 Å². The van der Waals surface area contributed by atoms with E-state index in [0.29, 0.717) is 5.69 Å². The van der Waals surface area contributed by atoms with Gasteiger partial charge in [0.15, 0.2) is 0 Å². The first-order chi connectivity index (χ1) is 11.7. The van der Waals surface area contributed by atoms with Gasteiger partial charge in [0.25, 0.3) is 0 Å². The van der Waals surface area contributed by atoms with Crippen molar-refractivity contribution in [1.82, 2.24) is 0 Å². The molecule has 1 fully saturated rings. The molecule has 5 nitrogen and oxygen atoms in total. The Morgan fingerprint density at radius 1 is 1.08 bits per heavy atom. The van der Waals surface area contributed by atoms with Crippen molar-refractivity contribution in [3.63, 3.8) is 0 Å². The van der Waals surface area contributed by atoms with Gasteiger partial charge in [-0.05, 0) is 42.7 Å². The van der Waals surface area contributed by atoms with Crippen LogP contribution in [0.5, 0.6) is 0 Å². The molecule has 0 unspecified atom stereocenters. The molecule has 0 saturated carbocycles. The third-order valence-electron chi connectivity index (χ3n) is 4.16. The molecule has 2 aromatic carbocycles. The molecule has 1 saturated heterocycles. The predicted molar refractivity (Wildman–Crippen MR) is 94.1 cm³/mol. The van der Waals surface area contributed by atoms with Gasteiger partial charge >= 0.3 is 6.09 Å². The van der Waals surface area contributed by atoms with Crippen LogP contribution < -0.4 is 10.2 Å². The van der Waals surface area contributed by atoms with Crippen LogP contribution in [0.1, 0.15) is 18.4 Å². The Bertz CT molecular complexity index is 650. The van der Waals surface area contributed by atoms with Crippen LogP contribution in [0.25, 0.3) is 0 Å². The fourth-order valence-electron chi connectivity index (χ4n) is 2.76. The van der Waals surface area contributed by atoms with Crippen molar-refractivity contribution < 1.29 is 14.6 Å². The maximum atomic E-state index is 11.8. The van der Waals surface area contributed by atoms with Gasteiger partial charge in [-0.25, -0.2) is 4.79 Å². The Kier molecular flexibility index (Phi) is 5.33. The van der Waals surface area contributed by atoms with E-state index in [1.807, 2.05) is 54.6 Å². The SMILES string of the molecule is O=C(Nc1ccc(N2CCC(O)CC2)cc1)OCc1ccccc1. The first-order valence-electron chi connectivity index (χ1n) is 8.21. The summed E-state index contributed by atoms with van der Waals surface area (Å²) in [6.07, 6.45) is 0.951. The van der Waals surface area contributed by atoms with Crippen molar-refractivity contribution >= 4 is 17.5 Å². The molecule has 2 aromatic rings. The maximum Gasteiger partial charge on any atom is 0.411 e. The van der Waals surface area contributed by atoms with Gasteiger partial charge < -0.3 is 14.7 Å². The Morgan fingerprint density at radius 2 is 1.75 bits per heavy atom. The second-order valence-electron chi connectivity index (χ2n) is 5.95. The highest BCUT2D eigenvalue weighted by Crippen LogP contribution is 2.22. The molecule has 3 rings (SSSR count). The highest BCUT2D eigenvalue weighted by molar-refractivity contribution is 5.84. The summed E-state index contributed by atoms with van der Waals surface area (Å²) in [7, 11) is 0. The summed E-state index contributed by atoms with van der Waals surface area (Å²) in [6, 6.07) is 17.3. The van der Waals surface area contributed by atoms with Gasteiger partial charge in [0, 0.05) is 24.5 Å². The molecule has 0 aliphatic carbocycles. The van der Waals surface area contributed by atoms with Crippen LogP contribution in [0.4, 0.5) is 16.2 Å². The van der Waals surface area contributed by atoms with Gasteiger partial charge in [-0.2, -0.15) is 0 Å². The van der Waals surface area contributed by atoms with Crippen LogP contribution in [-0.2, 0) is 11.3 Å². The van der Waals surface area contributed by atoms with E-state index in [4.69, 9.17) is 4.74 Å². The number of hydrogen-bond acceptors (Lipinski definition) is 4. The Hall–Kier alpha value is -2.53. The highest BCUT2D eigenvalue weighted by Gasteiger charge is 2.17. The first kappa shape index (κ1) is 16.3. The van der Waals surface area contributed by atoms with Crippen molar-refractivity contribution in [1.29, 1.82) is 0 Å². The fourth-order valence-corrected chi connectivity index (χ4v) is 2.76. The van der Waals surface area contributed by atoms with Crippen LogP contribution in [0.15, 0.2) is 54.6 Å². The van der Waals surface area contributed by atoms with Crippen molar-refractivity contribution in [2.24, 2.45) is 0 Å². The quantitative estimate of drug-likeness (QED) is 0.904. The zero-order valence-corrected chi connectivity index (χ0v) is 13.5. The zero-order chi connectivity index (χ0) is 16.8. The van der Waals surface area contributed by atoms with Crippen molar-refractivity contribution in [2.75, 3.05) is 23.3 Å². The zero-order valence-electron chi connectivity index (χ0n) is 13.5.